The number of pyridine rings is 1. The highest BCUT2D eigenvalue weighted by Gasteiger charge is 2.29. The summed E-state index contributed by atoms with van der Waals surface area (Å²) in [6, 6.07) is 9.63. The zero-order valence-corrected chi connectivity index (χ0v) is 18.8. The van der Waals surface area contributed by atoms with E-state index in [4.69, 9.17) is 16.3 Å². The van der Waals surface area contributed by atoms with Crippen molar-refractivity contribution in [3.8, 4) is 0 Å². The highest BCUT2D eigenvalue weighted by atomic mass is 35.5. The van der Waals surface area contributed by atoms with Gasteiger partial charge in [0.15, 0.2) is 6.10 Å². The molecule has 2 atom stereocenters. The van der Waals surface area contributed by atoms with Crippen LogP contribution in [0.3, 0.4) is 0 Å². The molecule has 2 rings (SSSR count). The van der Waals surface area contributed by atoms with Crippen molar-refractivity contribution in [2.45, 2.75) is 30.4 Å². The summed E-state index contributed by atoms with van der Waals surface area (Å²) in [6.45, 7) is 1.39. The number of carbonyl (C=O) groups excluding carboxylic acids is 2. The average Bonchev–Trinajstić information content (AvgIpc) is 2.73. The lowest BCUT2D eigenvalue weighted by molar-refractivity contribution is -0.154. The van der Waals surface area contributed by atoms with E-state index in [1.54, 1.807) is 24.3 Å². The van der Waals surface area contributed by atoms with E-state index in [2.05, 4.69) is 15.0 Å². The van der Waals surface area contributed by atoms with Gasteiger partial charge >= 0.3 is 5.97 Å². The van der Waals surface area contributed by atoms with E-state index >= 15 is 0 Å². The molecule has 11 heteroatoms. The maximum absolute atomic E-state index is 12.6. The normalized spacial score (nSPS) is 13.3. The van der Waals surface area contributed by atoms with Crippen LogP contribution in [0.5, 0.6) is 0 Å². The van der Waals surface area contributed by atoms with Crippen LogP contribution in [0.4, 0.5) is 5.82 Å². The minimum Gasteiger partial charge on any atom is -0.451 e. The number of nitrogens with one attached hydrogen (secondary N) is 2. The van der Waals surface area contributed by atoms with Crippen LogP contribution in [0.15, 0.2) is 53.6 Å². The first-order chi connectivity index (χ1) is 14.2. The second-order valence-corrected chi connectivity index (χ2v) is 9.33. The second kappa shape index (κ2) is 11.3. The summed E-state index contributed by atoms with van der Waals surface area (Å²) >= 11 is 7.21. The Morgan fingerprint density at radius 1 is 1.20 bits per heavy atom. The van der Waals surface area contributed by atoms with Gasteiger partial charge in [-0.2, -0.15) is 16.5 Å². The first-order valence-electron chi connectivity index (χ1n) is 8.92. The number of hydrogen-bond acceptors (Lipinski definition) is 7. The van der Waals surface area contributed by atoms with Gasteiger partial charge in [0, 0.05) is 6.20 Å². The van der Waals surface area contributed by atoms with Crippen LogP contribution in [0.1, 0.15) is 13.3 Å². The molecule has 0 bridgehead atoms. The Morgan fingerprint density at radius 2 is 1.90 bits per heavy atom. The molecule has 0 aliphatic carbocycles. The number of benzene rings is 1. The van der Waals surface area contributed by atoms with Gasteiger partial charge in [-0.15, -0.1) is 0 Å². The molecule has 0 radical (unpaired) electrons. The molecule has 0 fully saturated rings. The van der Waals surface area contributed by atoms with Crippen LogP contribution in [-0.2, 0) is 24.3 Å². The molecule has 30 heavy (non-hydrogen) atoms. The maximum atomic E-state index is 12.6. The van der Waals surface area contributed by atoms with Crippen molar-refractivity contribution < 1.29 is 22.7 Å². The van der Waals surface area contributed by atoms with Gasteiger partial charge < -0.3 is 10.1 Å². The Balaban J connectivity index is 2.04. The molecule has 8 nitrogen and oxygen atoms in total. The number of halogens is 1. The Hall–Kier alpha value is -2.14. The summed E-state index contributed by atoms with van der Waals surface area (Å²) < 4.78 is 32.7. The molecule has 1 heterocycles. The molecular weight excluding hydrogens is 450 g/mol. The Kier molecular flexibility index (Phi) is 9.09. The number of amides is 1. The molecule has 2 aromatic rings. The third-order valence-corrected chi connectivity index (χ3v) is 6.24. The third-order valence-electron chi connectivity index (χ3n) is 3.89. The van der Waals surface area contributed by atoms with Crippen molar-refractivity contribution in [1.29, 1.82) is 0 Å². The number of anilines is 1. The second-order valence-electron chi connectivity index (χ2n) is 6.20. The van der Waals surface area contributed by atoms with Crippen LogP contribution < -0.4 is 10.0 Å². The van der Waals surface area contributed by atoms with Gasteiger partial charge in [0.05, 0.1) is 9.92 Å². The van der Waals surface area contributed by atoms with Gasteiger partial charge in [0.2, 0.25) is 10.0 Å². The summed E-state index contributed by atoms with van der Waals surface area (Å²) in [6.07, 6.45) is 2.25. The number of aromatic nitrogens is 1. The fourth-order valence-corrected chi connectivity index (χ4v) is 4.13. The molecule has 2 N–H and O–H groups in total. The fourth-order valence-electron chi connectivity index (χ4n) is 2.30. The lowest BCUT2D eigenvalue weighted by Gasteiger charge is -2.20. The molecule has 0 unspecified atom stereocenters. The zero-order chi connectivity index (χ0) is 22.1. The van der Waals surface area contributed by atoms with Crippen molar-refractivity contribution in [2.75, 3.05) is 17.3 Å². The first-order valence-corrected chi connectivity index (χ1v) is 12.2. The van der Waals surface area contributed by atoms with Crippen LogP contribution in [0.2, 0.25) is 5.02 Å². The SMILES string of the molecule is CSCC[C@H](NS(=O)(=O)c1ccccc1)C(=O)O[C@H](C)C(=O)Nc1ccc(Cl)cn1. The van der Waals surface area contributed by atoms with Crippen LogP contribution >= 0.6 is 23.4 Å². The van der Waals surface area contributed by atoms with Crippen molar-refractivity contribution in [1.82, 2.24) is 9.71 Å². The zero-order valence-electron chi connectivity index (χ0n) is 16.4. The van der Waals surface area contributed by atoms with Crippen LogP contribution in [-0.4, -0.2) is 49.4 Å². The molecular formula is C19H22ClN3O5S2. The maximum Gasteiger partial charge on any atom is 0.324 e. The predicted octanol–water partition coefficient (Wildman–Crippen LogP) is 2.71. The van der Waals surface area contributed by atoms with Gasteiger partial charge in [-0.05, 0) is 49.6 Å². The van der Waals surface area contributed by atoms with Crippen LogP contribution in [0.25, 0.3) is 0 Å². The molecule has 0 aliphatic rings. The minimum atomic E-state index is -3.93. The van der Waals surface area contributed by atoms with E-state index in [9.17, 15) is 18.0 Å². The van der Waals surface area contributed by atoms with Crippen molar-refractivity contribution in [2.24, 2.45) is 0 Å². The Labute approximate surface area is 184 Å². The predicted molar refractivity (Wildman–Crippen MR) is 117 cm³/mol. The van der Waals surface area contributed by atoms with Crippen molar-refractivity contribution in [3.63, 3.8) is 0 Å². The van der Waals surface area contributed by atoms with Gasteiger partial charge in [-0.3, -0.25) is 9.59 Å². The quantitative estimate of drug-likeness (QED) is 0.512. The fraction of sp³-hybridized carbons (Fsp3) is 0.316. The average molecular weight is 472 g/mol. The number of nitrogens with zero attached hydrogens (tertiary/aromatic N) is 1. The number of thioether (sulfide) groups is 1. The molecule has 162 valence electrons. The number of ether oxygens (including phenoxy) is 1. The lowest BCUT2D eigenvalue weighted by Crippen LogP contribution is -2.44. The Morgan fingerprint density at radius 3 is 2.50 bits per heavy atom. The van der Waals surface area contributed by atoms with E-state index in [-0.39, 0.29) is 17.1 Å². The monoisotopic (exact) mass is 471 g/mol. The third kappa shape index (κ3) is 7.28. The summed E-state index contributed by atoms with van der Waals surface area (Å²) in [4.78, 5) is 28.8. The molecule has 1 amide bonds. The van der Waals surface area contributed by atoms with Crippen molar-refractivity contribution >= 4 is 51.1 Å². The van der Waals surface area contributed by atoms with Crippen molar-refractivity contribution in [3.05, 3.63) is 53.7 Å². The topological polar surface area (TPSA) is 114 Å². The highest BCUT2D eigenvalue weighted by Crippen LogP contribution is 2.13. The molecule has 0 saturated heterocycles. The minimum absolute atomic E-state index is 0.0338. The van der Waals surface area contributed by atoms with E-state index < -0.39 is 34.0 Å². The van der Waals surface area contributed by atoms with Gasteiger partial charge in [0.25, 0.3) is 5.91 Å². The first kappa shape index (κ1) is 24.1. The van der Waals surface area contributed by atoms with E-state index in [1.807, 2.05) is 6.26 Å². The summed E-state index contributed by atoms with van der Waals surface area (Å²) in [5.74, 6) is -0.675. The smallest absolute Gasteiger partial charge is 0.324 e. The van der Waals surface area contributed by atoms with Gasteiger partial charge in [-0.25, -0.2) is 13.4 Å². The number of carbonyl (C=O) groups is 2. The largest absolute Gasteiger partial charge is 0.451 e. The summed E-state index contributed by atoms with van der Waals surface area (Å²) in [7, 11) is -3.93. The number of hydrogen-bond donors (Lipinski definition) is 2. The molecule has 0 spiro atoms. The van der Waals surface area contributed by atoms with Crippen LogP contribution in [0, 0.1) is 0 Å². The van der Waals surface area contributed by atoms with Gasteiger partial charge in [0.1, 0.15) is 11.9 Å². The molecule has 1 aromatic carbocycles. The van der Waals surface area contributed by atoms with E-state index in [1.165, 1.54) is 43.1 Å². The standard InChI is InChI=1S/C19H22ClN3O5S2/c1-13(18(24)22-17-9-8-14(20)12-21-17)28-19(25)16(10-11-29-2)23-30(26,27)15-6-4-3-5-7-15/h3-9,12-13,16,23H,10-11H2,1-2H3,(H,21,22,24)/t13-,16+/m1/s1. The highest BCUT2D eigenvalue weighted by molar-refractivity contribution is 7.98. The van der Waals surface area contributed by atoms with Gasteiger partial charge in [-0.1, -0.05) is 29.8 Å². The Bertz CT molecular complexity index is 956. The summed E-state index contributed by atoms with van der Waals surface area (Å²) in [5, 5.41) is 2.91. The van der Waals surface area contributed by atoms with E-state index in [0.717, 1.165) is 0 Å². The number of rotatable bonds is 10. The molecule has 0 aliphatic heterocycles. The lowest BCUT2D eigenvalue weighted by atomic mass is 10.2. The molecule has 0 saturated carbocycles. The number of sulfonamides is 1. The number of esters is 1. The summed E-state index contributed by atoms with van der Waals surface area (Å²) in [5.41, 5.74) is 0. The molecule has 1 aromatic heterocycles. The van der Waals surface area contributed by atoms with E-state index in [0.29, 0.717) is 10.8 Å².